The van der Waals surface area contributed by atoms with E-state index in [1.54, 1.807) is 6.07 Å². The standard InChI is InChI=1S/C17H23N3O2/c1-2-3-4-7-11-18-16(21)10-12-20-13-19-15-9-6-5-8-14(15)17(20)22/h5-6,8-9,13H,2-4,7,10-12H2,1H3,(H,18,21). The zero-order valence-corrected chi connectivity index (χ0v) is 13.0. The van der Waals surface area contributed by atoms with Gasteiger partial charge in [-0.2, -0.15) is 0 Å². The van der Waals surface area contributed by atoms with Crippen molar-refractivity contribution in [1.29, 1.82) is 0 Å². The number of nitrogens with zero attached hydrogens (tertiary/aromatic N) is 2. The van der Waals surface area contributed by atoms with Gasteiger partial charge in [-0.25, -0.2) is 4.98 Å². The molecule has 2 rings (SSSR count). The second kappa shape index (κ2) is 8.32. The van der Waals surface area contributed by atoms with Crippen molar-refractivity contribution in [3.8, 4) is 0 Å². The molecule has 1 heterocycles. The summed E-state index contributed by atoms with van der Waals surface area (Å²) in [6.45, 7) is 3.23. The van der Waals surface area contributed by atoms with Crippen LogP contribution in [0.2, 0.25) is 0 Å². The number of unbranched alkanes of at least 4 members (excludes halogenated alkanes) is 3. The van der Waals surface area contributed by atoms with Crippen LogP contribution in [0.1, 0.15) is 39.0 Å². The van der Waals surface area contributed by atoms with Crippen LogP contribution in [-0.2, 0) is 11.3 Å². The molecule has 0 aliphatic heterocycles. The highest BCUT2D eigenvalue weighted by atomic mass is 16.1. The zero-order valence-electron chi connectivity index (χ0n) is 13.0. The lowest BCUT2D eigenvalue weighted by molar-refractivity contribution is -0.121. The van der Waals surface area contributed by atoms with Crippen LogP contribution in [0.5, 0.6) is 0 Å². The Morgan fingerprint density at radius 3 is 2.86 bits per heavy atom. The topological polar surface area (TPSA) is 64.0 Å². The summed E-state index contributed by atoms with van der Waals surface area (Å²) in [5, 5.41) is 3.48. The molecule has 0 radical (unpaired) electrons. The fraction of sp³-hybridized carbons (Fsp3) is 0.471. The summed E-state index contributed by atoms with van der Waals surface area (Å²) in [5.41, 5.74) is 0.588. The Morgan fingerprint density at radius 1 is 1.23 bits per heavy atom. The Bertz CT molecular complexity index is 679. The van der Waals surface area contributed by atoms with Gasteiger partial charge in [-0.05, 0) is 18.6 Å². The van der Waals surface area contributed by atoms with Gasteiger partial charge in [0.1, 0.15) is 0 Å². The summed E-state index contributed by atoms with van der Waals surface area (Å²) in [7, 11) is 0. The predicted molar refractivity (Wildman–Crippen MR) is 87.8 cm³/mol. The van der Waals surface area contributed by atoms with Gasteiger partial charge in [0.25, 0.3) is 5.56 Å². The summed E-state index contributed by atoms with van der Waals surface area (Å²) in [6, 6.07) is 7.24. The molecule has 0 atom stereocenters. The van der Waals surface area contributed by atoms with Crippen LogP contribution in [0.15, 0.2) is 35.4 Å². The van der Waals surface area contributed by atoms with Crippen molar-refractivity contribution in [3.63, 3.8) is 0 Å². The van der Waals surface area contributed by atoms with E-state index >= 15 is 0 Å². The van der Waals surface area contributed by atoms with Gasteiger partial charge < -0.3 is 5.32 Å². The van der Waals surface area contributed by atoms with E-state index in [2.05, 4.69) is 17.2 Å². The molecule has 0 aliphatic rings. The van der Waals surface area contributed by atoms with Crippen LogP contribution >= 0.6 is 0 Å². The third-order valence-electron chi connectivity index (χ3n) is 3.66. The first kappa shape index (κ1) is 16.2. The summed E-state index contributed by atoms with van der Waals surface area (Å²) < 4.78 is 1.50. The lowest BCUT2D eigenvalue weighted by atomic mass is 10.2. The van der Waals surface area contributed by atoms with Crippen LogP contribution in [0.3, 0.4) is 0 Å². The number of carbonyl (C=O) groups is 1. The molecule has 0 fully saturated rings. The first-order valence-electron chi connectivity index (χ1n) is 7.93. The smallest absolute Gasteiger partial charge is 0.261 e. The molecule has 1 N–H and O–H groups in total. The number of nitrogens with one attached hydrogen (secondary N) is 1. The number of fused-ring (bicyclic) bond motifs is 1. The molecule has 22 heavy (non-hydrogen) atoms. The molecule has 1 aromatic carbocycles. The molecule has 0 bridgehead atoms. The van der Waals surface area contributed by atoms with Gasteiger partial charge in [-0.15, -0.1) is 0 Å². The average Bonchev–Trinajstić information content (AvgIpc) is 2.54. The predicted octanol–water partition coefficient (Wildman–Crippen LogP) is 2.48. The van der Waals surface area contributed by atoms with Crippen molar-refractivity contribution in [1.82, 2.24) is 14.9 Å². The Labute approximate surface area is 130 Å². The summed E-state index contributed by atoms with van der Waals surface area (Å²) in [5.74, 6) is -0.0171. The monoisotopic (exact) mass is 301 g/mol. The molecule has 0 saturated carbocycles. The minimum atomic E-state index is -0.0960. The van der Waals surface area contributed by atoms with Crippen molar-refractivity contribution >= 4 is 16.8 Å². The van der Waals surface area contributed by atoms with Gasteiger partial charge in [0.15, 0.2) is 0 Å². The lowest BCUT2D eigenvalue weighted by Gasteiger charge is -2.07. The highest BCUT2D eigenvalue weighted by Crippen LogP contribution is 2.04. The van der Waals surface area contributed by atoms with E-state index in [1.165, 1.54) is 23.7 Å². The molecule has 2 aromatic rings. The van der Waals surface area contributed by atoms with Crippen molar-refractivity contribution in [2.75, 3.05) is 6.54 Å². The van der Waals surface area contributed by atoms with Crippen LogP contribution in [0.25, 0.3) is 10.9 Å². The molecule has 5 heteroatoms. The first-order valence-corrected chi connectivity index (χ1v) is 7.93. The van der Waals surface area contributed by atoms with Crippen LogP contribution < -0.4 is 10.9 Å². The van der Waals surface area contributed by atoms with E-state index in [0.717, 1.165) is 12.8 Å². The first-order chi connectivity index (χ1) is 10.7. The SMILES string of the molecule is CCCCCCNC(=O)CCn1cnc2ccccc2c1=O. The van der Waals surface area contributed by atoms with E-state index in [4.69, 9.17) is 0 Å². The number of rotatable bonds is 8. The fourth-order valence-corrected chi connectivity index (χ4v) is 2.36. The molecule has 0 saturated heterocycles. The lowest BCUT2D eigenvalue weighted by Crippen LogP contribution is -2.28. The molecule has 118 valence electrons. The van der Waals surface area contributed by atoms with E-state index in [0.29, 0.717) is 30.4 Å². The Balaban J connectivity index is 1.85. The van der Waals surface area contributed by atoms with Gasteiger partial charge in [-0.3, -0.25) is 14.2 Å². The number of hydrogen-bond acceptors (Lipinski definition) is 3. The van der Waals surface area contributed by atoms with Gasteiger partial charge in [0.2, 0.25) is 5.91 Å². The maximum absolute atomic E-state index is 12.3. The number of aryl methyl sites for hydroxylation is 1. The quantitative estimate of drug-likeness (QED) is 0.762. The number of amides is 1. The third-order valence-corrected chi connectivity index (χ3v) is 3.66. The Kier molecular flexibility index (Phi) is 6.13. The molecule has 0 aliphatic carbocycles. The third kappa shape index (κ3) is 4.41. The molecule has 5 nitrogen and oxygen atoms in total. The number of hydrogen-bond donors (Lipinski definition) is 1. The largest absolute Gasteiger partial charge is 0.356 e. The molecule has 1 aromatic heterocycles. The van der Waals surface area contributed by atoms with E-state index < -0.39 is 0 Å². The van der Waals surface area contributed by atoms with Crippen LogP contribution in [0.4, 0.5) is 0 Å². The van der Waals surface area contributed by atoms with Crippen LogP contribution in [0, 0.1) is 0 Å². The maximum Gasteiger partial charge on any atom is 0.261 e. The minimum Gasteiger partial charge on any atom is -0.356 e. The Hall–Kier alpha value is -2.17. The molecule has 0 spiro atoms. The van der Waals surface area contributed by atoms with Crippen molar-refractivity contribution < 1.29 is 4.79 Å². The summed E-state index contributed by atoms with van der Waals surface area (Å²) in [4.78, 5) is 28.3. The average molecular weight is 301 g/mol. The highest BCUT2D eigenvalue weighted by molar-refractivity contribution is 5.77. The van der Waals surface area contributed by atoms with Gasteiger partial charge in [0, 0.05) is 19.5 Å². The second-order valence-electron chi connectivity index (χ2n) is 5.42. The second-order valence-corrected chi connectivity index (χ2v) is 5.42. The van der Waals surface area contributed by atoms with Crippen molar-refractivity contribution in [2.24, 2.45) is 0 Å². The highest BCUT2D eigenvalue weighted by Gasteiger charge is 2.06. The van der Waals surface area contributed by atoms with Gasteiger partial charge >= 0.3 is 0 Å². The summed E-state index contributed by atoms with van der Waals surface area (Å²) in [6.07, 6.45) is 6.36. The maximum atomic E-state index is 12.3. The number of aromatic nitrogens is 2. The molecule has 1 amide bonds. The summed E-state index contributed by atoms with van der Waals surface area (Å²) >= 11 is 0. The molecular weight excluding hydrogens is 278 g/mol. The minimum absolute atomic E-state index is 0.0171. The van der Waals surface area contributed by atoms with Crippen molar-refractivity contribution in [2.45, 2.75) is 45.6 Å². The van der Waals surface area contributed by atoms with E-state index in [1.807, 2.05) is 18.2 Å². The number of carbonyl (C=O) groups excluding carboxylic acids is 1. The van der Waals surface area contributed by atoms with E-state index in [9.17, 15) is 9.59 Å². The fourth-order valence-electron chi connectivity index (χ4n) is 2.36. The molecule has 0 unspecified atom stereocenters. The van der Waals surface area contributed by atoms with Crippen molar-refractivity contribution in [3.05, 3.63) is 40.9 Å². The number of benzene rings is 1. The number of para-hydroxylation sites is 1. The zero-order chi connectivity index (χ0) is 15.8. The Morgan fingerprint density at radius 2 is 2.05 bits per heavy atom. The normalized spacial score (nSPS) is 10.8. The van der Waals surface area contributed by atoms with Gasteiger partial charge in [0.05, 0.1) is 17.2 Å². The van der Waals surface area contributed by atoms with Gasteiger partial charge in [-0.1, -0.05) is 38.3 Å². The van der Waals surface area contributed by atoms with Crippen LogP contribution in [-0.4, -0.2) is 22.0 Å². The molecular formula is C17H23N3O2. The van der Waals surface area contributed by atoms with E-state index in [-0.39, 0.29) is 11.5 Å².